The number of hydrogen-bond donors (Lipinski definition) is 0. The maximum Gasteiger partial charge on any atom is 0.419 e. The molecule has 3 rings (SSSR count). The molecule has 1 aromatic carbocycles. The van der Waals surface area contributed by atoms with Crippen molar-refractivity contribution in [3.8, 4) is 0 Å². The number of para-hydroxylation sites is 1. The number of ether oxygens (including phenoxy) is 1. The Hall–Kier alpha value is -2.60. The quantitative estimate of drug-likeness (QED) is 0.595. The highest BCUT2D eigenvalue weighted by Crippen LogP contribution is 2.25. The van der Waals surface area contributed by atoms with Gasteiger partial charge in [0.1, 0.15) is 11.0 Å². The molecule has 0 amide bonds. The second-order valence-electron chi connectivity index (χ2n) is 7.87. The van der Waals surface area contributed by atoms with Gasteiger partial charge >= 0.3 is 6.09 Å². The minimum absolute atomic E-state index is 0.273. The van der Waals surface area contributed by atoms with Gasteiger partial charge in [-0.05, 0) is 58.7 Å². The van der Waals surface area contributed by atoms with Crippen molar-refractivity contribution in [1.82, 2.24) is 14.3 Å². The second-order valence-corrected chi connectivity index (χ2v) is 8.40. The van der Waals surface area contributed by atoms with Crippen LogP contribution in [0.3, 0.4) is 0 Å². The van der Waals surface area contributed by atoms with Crippen molar-refractivity contribution < 1.29 is 14.3 Å². The molecule has 28 heavy (non-hydrogen) atoms. The van der Waals surface area contributed by atoms with E-state index in [1.807, 2.05) is 65.0 Å². The number of carbonyl (C=O) groups is 2. The summed E-state index contributed by atoms with van der Waals surface area (Å²) in [5.74, 6) is -0.290. The molecule has 6 nitrogen and oxygen atoms in total. The van der Waals surface area contributed by atoms with Crippen molar-refractivity contribution in [1.29, 1.82) is 0 Å². The zero-order valence-electron chi connectivity index (χ0n) is 16.7. The number of benzene rings is 1. The second kappa shape index (κ2) is 7.43. The van der Waals surface area contributed by atoms with Crippen LogP contribution in [0.4, 0.5) is 4.79 Å². The lowest BCUT2D eigenvalue weighted by atomic mass is 10.1. The highest BCUT2D eigenvalue weighted by Gasteiger charge is 2.25. The monoisotopic (exact) mass is 401 g/mol. The maximum atomic E-state index is 12.7. The zero-order chi connectivity index (χ0) is 20.6. The Kier molecular flexibility index (Phi) is 5.35. The van der Waals surface area contributed by atoms with Gasteiger partial charge in [0, 0.05) is 17.3 Å². The predicted octanol–water partition coefficient (Wildman–Crippen LogP) is 4.73. The van der Waals surface area contributed by atoms with E-state index in [1.54, 1.807) is 6.20 Å². The molecular weight excluding hydrogens is 378 g/mol. The molecule has 0 N–H and O–H groups in total. The molecule has 0 bridgehead atoms. The molecule has 2 aromatic heterocycles. The number of alkyl halides is 1. The van der Waals surface area contributed by atoms with E-state index >= 15 is 0 Å². The molecule has 7 heteroatoms. The standard InChI is InChI=1S/C21H24ClN3O3/c1-13-10-14(2)25(23-13)19(26)17(22)11-15-12-24(20(27)28-21(3,4)5)18-9-7-6-8-16(15)18/h6-10,12,17H,11H2,1-5H3/t17-/m1/s1. The Bertz CT molecular complexity index is 1040. The summed E-state index contributed by atoms with van der Waals surface area (Å²) in [5, 5.41) is 4.26. The zero-order valence-corrected chi connectivity index (χ0v) is 17.4. The summed E-state index contributed by atoms with van der Waals surface area (Å²) >= 11 is 6.44. The molecule has 0 aliphatic carbocycles. The molecule has 0 unspecified atom stereocenters. The highest BCUT2D eigenvalue weighted by molar-refractivity contribution is 6.31. The van der Waals surface area contributed by atoms with Gasteiger partial charge in [0.05, 0.1) is 11.2 Å². The van der Waals surface area contributed by atoms with E-state index in [1.165, 1.54) is 9.25 Å². The Morgan fingerprint density at radius 2 is 1.89 bits per heavy atom. The first kappa shape index (κ1) is 20.1. The summed E-state index contributed by atoms with van der Waals surface area (Å²) in [6.45, 7) is 9.10. The molecule has 0 saturated heterocycles. The number of rotatable bonds is 3. The number of aryl methyl sites for hydroxylation is 2. The van der Waals surface area contributed by atoms with Crippen LogP contribution >= 0.6 is 11.6 Å². The van der Waals surface area contributed by atoms with Crippen LogP contribution in [0.5, 0.6) is 0 Å². The highest BCUT2D eigenvalue weighted by atomic mass is 35.5. The molecule has 0 aliphatic heterocycles. The van der Waals surface area contributed by atoms with Gasteiger partial charge < -0.3 is 4.74 Å². The van der Waals surface area contributed by atoms with E-state index in [4.69, 9.17) is 16.3 Å². The smallest absolute Gasteiger partial charge is 0.419 e. The molecule has 1 atom stereocenters. The molecule has 3 aromatic rings. The van der Waals surface area contributed by atoms with Crippen LogP contribution in [-0.4, -0.2) is 37.3 Å². The first-order valence-electron chi connectivity index (χ1n) is 9.10. The number of halogens is 1. The third kappa shape index (κ3) is 4.12. The van der Waals surface area contributed by atoms with Gasteiger partial charge in [-0.15, -0.1) is 11.6 Å². The summed E-state index contributed by atoms with van der Waals surface area (Å²) in [4.78, 5) is 25.3. The first-order valence-corrected chi connectivity index (χ1v) is 9.54. The number of aromatic nitrogens is 3. The SMILES string of the molecule is Cc1cc(C)n(C(=O)[C@H](Cl)Cc2cn(C(=O)OC(C)(C)C)c3ccccc23)n1. The van der Waals surface area contributed by atoms with E-state index < -0.39 is 17.1 Å². The average molecular weight is 402 g/mol. The fraction of sp³-hybridized carbons (Fsp3) is 0.381. The van der Waals surface area contributed by atoms with E-state index in [2.05, 4.69) is 5.10 Å². The molecule has 148 valence electrons. The van der Waals surface area contributed by atoms with Gasteiger partial charge in [0.25, 0.3) is 5.91 Å². The van der Waals surface area contributed by atoms with Gasteiger partial charge in [-0.2, -0.15) is 5.10 Å². The van der Waals surface area contributed by atoms with Crippen LogP contribution < -0.4 is 0 Å². The number of carbonyl (C=O) groups excluding carboxylic acids is 2. The van der Waals surface area contributed by atoms with Crippen molar-refractivity contribution in [2.75, 3.05) is 0 Å². The van der Waals surface area contributed by atoms with Gasteiger partial charge in [-0.25, -0.2) is 9.48 Å². The van der Waals surface area contributed by atoms with Crippen LogP contribution in [-0.2, 0) is 11.2 Å². The fourth-order valence-corrected chi connectivity index (χ4v) is 3.40. The van der Waals surface area contributed by atoms with E-state index in [9.17, 15) is 9.59 Å². The molecule has 0 saturated carbocycles. The maximum absolute atomic E-state index is 12.7. The summed E-state index contributed by atoms with van der Waals surface area (Å²) in [5.41, 5.74) is 2.41. The number of hydrogen-bond acceptors (Lipinski definition) is 4. The largest absolute Gasteiger partial charge is 0.443 e. The Morgan fingerprint density at radius 3 is 2.50 bits per heavy atom. The molecule has 2 heterocycles. The van der Waals surface area contributed by atoms with Crippen molar-refractivity contribution >= 4 is 34.5 Å². The van der Waals surface area contributed by atoms with Gasteiger partial charge in [0.2, 0.25) is 0 Å². The minimum atomic E-state index is -0.809. The van der Waals surface area contributed by atoms with Crippen LogP contribution in [0.1, 0.15) is 42.5 Å². The topological polar surface area (TPSA) is 66.1 Å². The van der Waals surface area contributed by atoms with Crippen molar-refractivity contribution in [3.05, 3.63) is 53.5 Å². The minimum Gasteiger partial charge on any atom is -0.443 e. The molecular formula is C21H24ClN3O3. The lowest BCUT2D eigenvalue weighted by Crippen LogP contribution is -2.27. The lowest BCUT2D eigenvalue weighted by Gasteiger charge is -2.19. The van der Waals surface area contributed by atoms with Crippen molar-refractivity contribution in [2.24, 2.45) is 0 Å². The molecule has 0 fully saturated rings. The Labute approximate surface area is 169 Å². The van der Waals surface area contributed by atoms with E-state index in [0.717, 1.165) is 22.3 Å². The Morgan fingerprint density at radius 1 is 1.21 bits per heavy atom. The number of fused-ring (bicyclic) bond motifs is 1. The first-order chi connectivity index (χ1) is 13.1. The van der Waals surface area contributed by atoms with Crippen LogP contribution in [0.2, 0.25) is 0 Å². The van der Waals surface area contributed by atoms with Gasteiger partial charge in [-0.1, -0.05) is 18.2 Å². The van der Waals surface area contributed by atoms with Crippen LogP contribution in [0.25, 0.3) is 10.9 Å². The van der Waals surface area contributed by atoms with Gasteiger partial charge in [0.15, 0.2) is 0 Å². The molecule has 0 spiro atoms. The summed E-state index contributed by atoms with van der Waals surface area (Å²) < 4.78 is 8.29. The summed E-state index contributed by atoms with van der Waals surface area (Å²) in [7, 11) is 0. The van der Waals surface area contributed by atoms with E-state index in [-0.39, 0.29) is 12.3 Å². The summed E-state index contributed by atoms with van der Waals surface area (Å²) in [6.07, 6.45) is 1.50. The molecule has 0 radical (unpaired) electrons. The predicted molar refractivity (Wildman–Crippen MR) is 109 cm³/mol. The average Bonchev–Trinajstić information content (AvgIpc) is 3.13. The van der Waals surface area contributed by atoms with Gasteiger partial charge in [-0.3, -0.25) is 9.36 Å². The van der Waals surface area contributed by atoms with E-state index in [0.29, 0.717) is 5.52 Å². The fourth-order valence-electron chi connectivity index (χ4n) is 3.14. The van der Waals surface area contributed by atoms with Crippen molar-refractivity contribution in [2.45, 2.75) is 52.0 Å². The normalized spacial score (nSPS) is 12.9. The summed E-state index contributed by atoms with van der Waals surface area (Å²) in [6, 6.07) is 9.32. The van der Waals surface area contributed by atoms with Crippen molar-refractivity contribution in [3.63, 3.8) is 0 Å². The Balaban J connectivity index is 1.92. The molecule has 0 aliphatic rings. The third-order valence-corrected chi connectivity index (χ3v) is 4.61. The third-order valence-electron chi connectivity index (χ3n) is 4.27. The van der Waals surface area contributed by atoms with Crippen LogP contribution in [0.15, 0.2) is 36.5 Å². The van der Waals surface area contributed by atoms with Crippen LogP contribution in [0, 0.1) is 13.8 Å². The lowest BCUT2D eigenvalue weighted by molar-refractivity contribution is 0.0544. The number of nitrogens with zero attached hydrogens (tertiary/aromatic N) is 3.